The predicted octanol–water partition coefficient (Wildman–Crippen LogP) is 3.42. The molecule has 0 radical (unpaired) electrons. The number of nitrogens with zero attached hydrogens (tertiary/aromatic N) is 4. The Kier molecular flexibility index (Phi) is 7.20. The number of H-pyrrole nitrogens is 1. The lowest BCUT2D eigenvalue weighted by Crippen LogP contribution is -2.50. The monoisotopic (exact) mass is 511 g/mol. The third-order valence-electron chi connectivity index (χ3n) is 6.93. The summed E-state index contributed by atoms with van der Waals surface area (Å²) in [7, 11) is 0. The van der Waals surface area contributed by atoms with Crippen LogP contribution in [0.3, 0.4) is 0 Å². The topological polar surface area (TPSA) is 130 Å². The molecule has 1 aliphatic carbocycles. The Morgan fingerprint density at radius 1 is 1.16 bits per heavy atom. The van der Waals surface area contributed by atoms with E-state index in [1.807, 2.05) is 47.4 Å². The van der Waals surface area contributed by atoms with Crippen molar-refractivity contribution in [3.05, 3.63) is 77.9 Å². The lowest BCUT2D eigenvalue weighted by molar-refractivity contribution is -0.128. The lowest BCUT2D eigenvalue weighted by atomic mass is 9.90. The van der Waals surface area contributed by atoms with Gasteiger partial charge < -0.3 is 16.0 Å². The SMILES string of the molecule is CC(C)(N)CC(=O)N[C@@H]1CCc2ccccc2N(C[C@H]2C=CC(c3ccccc3-c3nn[nH]n3)=CC2)C1=O. The smallest absolute Gasteiger partial charge is 0.249 e. The first kappa shape index (κ1) is 25.5. The van der Waals surface area contributed by atoms with Crippen LogP contribution in [0.4, 0.5) is 5.69 Å². The zero-order valence-electron chi connectivity index (χ0n) is 21.7. The molecule has 4 N–H and O–H groups in total. The normalized spacial score (nSPS) is 19.5. The molecule has 0 bridgehead atoms. The van der Waals surface area contributed by atoms with Crippen molar-refractivity contribution in [1.82, 2.24) is 25.9 Å². The van der Waals surface area contributed by atoms with Gasteiger partial charge in [0.15, 0.2) is 0 Å². The molecule has 9 nitrogen and oxygen atoms in total. The second-order valence-electron chi connectivity index (χ2n) is 10.7. The van der Waals surface area contributed by atoms with E-state index < -0.39 is 11.6 Å². The van der Waals surface area contributed by atoms with Crippen molar-refractivity contribution in [3.8, 4) is 11.4 Å². The summed E-state index contributed by atoms with van der Waals surface area (Å²) in [4.78, 5) is 28.3. The maximum Gasteiger partial charge on any atom is 0.249 e. The van der Waals surface area contributed by atoms with Crippen LogP contribution in [-0.4, -0.2) is 50.6 Å². The molecule has 0 saturated heterocycles. The fraction of sp³-hybridized carbons (Fsp3) is 0.345. The van der Waals surface area contributed by atoms with Gasteiger partial charge >= 0.3 is 0 Å². The number of amides is 2. The summed E-state index contributed by atoms with van der Waals surface area (Å²) in [5.74, 6) is 0.399. The minimum absolute atomic E-state index is 0.0799. The summed E-state index contributed by atoms with van der Waals surface area (Å²) in [6, 6.07) is 15.4. The first-order valence-corrected chi connectivity index (χ1v) is 13.0. The molecule has 38 heavy (non-hydrogen) atoms. The maximum atomic E-state index is 13.8. The Morgan fingerprint density at radius 2 is 1.92 bits per heavy atom. The van der Waals surface area contributed by atoms with Crippen molar-refractivity contribution in [3.63, 3.8) is 0 Å². The van der Waals surface area contributed by atoms with Gasteiger partial charge in [-0.2, -0.15) is 5.21 Å². The molecule has 0 unspecified atom stereocenters. The van der Waals surface area contributed by atoms with Gasteiger partial charge in [-0.05, 0) is 67.0 Å². The van der Waals surface area contributed by atoms with E-state index in [0.29, 0.717) is 25.2 Å². The highest BCUT2D eigenvalue weighted by Crippen LogP contribution is 2.33. The Balaban J connectivity index is 1.34. The van der Waals surface area contributed by atoms with Crippen molar-refractivity contribution in [2.75, 3.05) is 11.4 Å². The highest BCUT2D eigenvalue weighted by atomic mass is 16.2. The summed E-state index contributed by atoms with van der Waals surface area (Å²) in [5, 5.41) is 17.4. The van der Waals surface area contributed by atoms with Gasteiger partial charge in [0.05, 0.1) is 0 Å². The summed E-state index contributed by atoms with van der Waals surface area (Å²) >= 11 is 0. The van der Waals surface area contributed by atoms with E-state index in [-0.39, 0.29) is 24.2 Å². The van der Waals surface area contributed by atoms with E-state index >= 15 is 0 Å². The number of carbonyl (C=O) groups excluding carboxylic acids is 2. The summed E-state index contributed by atoms with van der Waals surface area (Å²) in [5.41, 5.74) is 10.4. The van der Waals surface area contributed by atoms with E-state index in [9.17, 15) is 9.59 Å². The number of hydrogen-bond donors (Lipinski definition) is 3. The molecular formula is C29H33N7O2. The Morgan fingerprint density at radius 3 is 2.63 bits per heavy atom. The average molecular weight is 512 g/mol. The third kappa shape index (κ3) is 5.73. The van der Waals surface area contributed by atoms with Gasteiger partial charge in [0.25, 0.3) is 0 Å². The molecule has 0 fully saturated rings. The number of benzene rings is 2. The molecular weight excluding hydrogens is 478 g/mol. The second kappa shape index (κ2) is 10.7. The third-order valence-corrected chi connectivity index (χ3v) is 6.93. The number of aromatic amines is 1. The first-order valence-electron chi connectivity index (χ1n) is 13.0. The zero-order chi connectivity index (χ0) is 26.7. The van der Waals surface area contributed by atoms with E-state index in [2.05, 4.69) is 50.2 Å². The number of carbonyl (C=O) groups is 2. The van der Waals surface area contributed by atoms with Gasteiger partial charge in [-0.15, -0.1) is 10.2 Å². The van der Waals surface area contributed by atoms with Crippen LogP contribution in [0.15, 0.2) is 66.8 Å². The van der Waals surface area contributed by atoms with E-state index in [1.165, 1.54) is 0 Å². The van der Waals surface area contributed by atoms with E-state index in [0.717, 1.165) is 34.4 Å². The minimum atomic E-state index is -0.639. The molecule has 0 spiro atoms. The maximum absolute atomic E-state index is 13.8. The lowest BCUT2D eigenvalue weighted by Gasteiger charge is -2.30. The quantitative estimate of drug-likeness (QED) is 0.446. The van der Waals surface area contributed by atoms with Gasteiger partial charge in [-0.3, -0.25) is 9.59 Å². The van der Waals surface area contributed by atoms with Gasteiger partial charge in [0.1, 0.15) is 6.04 Å². The van der Waals surface area contributed by atoms with Crippen LogP contribution in [0.25, 0.3) is 17.0 Å². The second-order valence-corrected chi connectivity index (χ2v) is 10.7. The number of tetrazole rings is 1. The molecule has 2 heterocycles. The highest BCUT2D eigenvalue weighted by Gasteiger charge is 2.33. The van der Waals surface area contributed by atoms with Crippen LogP contribution < -0.4 is 16.0 Å². The van der Waals surface area contributed by atoms with Crippen molar-refractivity contribution >= 4 is 23.1 Å². The summed E-state index contributed by atoms with van der Waals surface area (Å²) in [6.07, 6.45) is 8.66. The summed E-state index contributed by atoms with van der Waals surface area (Å²) < 4.78 is 0. The number of nitrogens with one attached hydrogen (secondary N) is 2. The minimum Gasteiger partial charge on any atom is -0.344 e. The van der Waals surface area contributed by atoms with Crippen LogP contribution in [0.5, 0.6) is 0 Å². The number of rotatable bonds is 7. The van der Waals surface area contributed by atoms with Crippen LogP contribution >= 0.6 is 0 Å². The molecule has 3 aromatic rings. The van der Waals surface area contributed by atoms with E-state index in [4.69, 9.17) is 5.73 Å². The van der Waals surface area contributed by atoms with Gasteiger partial charge in [0, 0.05) is 29.8 Å². The first-order chi connectivity index (χ1) is 18.3. The molecule has 5 rings (SSSR count). The Hall–Kier alpha value is -4.11. The van der Waals surface area contributed by atoms with Crippen LogP contribution in [0.1, 0.15) is 44.2 Å². The van der Waals surface area contributed by atoms with Crippen LogP contribution in [0.2, 0.25) is 0 Å². The number of fused-ring (bicyclic) bond motifs is 1. The van der Waals surface area contributed by atoms with Crippen molar-refractivity contribution in [1.29, 1.82) is 0 Å². The van der Waals surface area contributed by atoms with E-state index in [1.54, 1.807) is 13.8 Å². The molecule has 1 aromatic heterocycles. The molecule has 2 aromatic carbocycles. The predicted molar refractivity (Wildman–Crippen MR) is 147 cm³/mol. The van der Waals surface area contributed by atoms with Crippen molar-refractivity contribution < 1.29 is 9.59 Å². The number of nitrogens with two attached hydrogens (primary N) is 1. The molecule has 1 aliphatic heterocycles. The van der Waals surface area contributed by atoms with Gasteiger partial charge in [-0.1, -0.05) is 60.7 Å². The Bertz CT molecular complexity index is 1370. The molecule has 2 aliphatic rings. The number of para-hydroxylation sites is 1. The van der Waals surface area contributed by atoms with Gasteiger partial charge in [-0.25, -0.2) is 0 Å². The molecule has 0 saturated carbocycles. The fourth-order valence-corrected chi connectivity index (χ4v) is 5.14. The number of aromatic nitrogens is 4. The molecule has 9 heteroatoms. The number of allylic oxidation sites excluding steroid dienone is 3. The highest BCUT2D eigenvalue weighted by molar-refractivity contribution is 6.00. The Labute approximate surface area is 222 Å². The average Bonchev–Trinajstić information content (AvgIpc) is 3.40. The molecule has 2 atom stereocenters. The van der Waals surface area contributed by atoms with Gasteiger partial charge in [0.2, 0.25) is 17.6 Å². The number of anilines is 1. The summed E-state index contributed by atoms with van der Waals surface area (Å²) in [6.45, 7) is 4.14. The zero-order valence-corrected chi connectivity index (χ0v) is 21.7. The van der Waals surface area contributed by atoms with Crippen molar-refractivity contribution in [2.45, 2.75) is 51.1 Å². The van der Waals surface area contributed by atoms with Crippen molar-refractivity contribution in [2.24, 2.45) is 11.7 Å². The van der Waals surface area contributed by atoms with Crippen LogP contribution in [-0.2, 0) is 16.0 Å². The van der Waals surface area contributed by atoms with Crippen LogP contribution in [0, 0.1) is 5.92 Å². The largest absolute Gasteiger partial charge is 0.344 e. The molecule has 2 amide bonds. The fourth-order valence-electron chi connectivity index (χ4n) is 5.14. The molecule has 196 valence electrons. The number of aryl methyl sites for hydroxylation is 1. The number of hydrogen-bond acceptors (Lipinski definition) is 6. The standard InChI is InChI=1S/C29H33N7O2/c1-29(2,30)17-26(37)31-24-16-15-21-7-3-6-10-25(21)36(28(24)38)18-19-11-13-20(14-12-19)22-8-4-5-9-23(22)27-32-34-35-33-27/h3-11,13-14,19,24H,12,15-18,30H2,1-2H3,(H,31,37)(H,32,33,34,35)/t19-,24+/m0/s1.